The number of benzene rings is 2. The third kappa shape index (κ3) is 5.14. The summed E-state index contributed by atoms with van der Waals surface area (Å²) >= 11 is 6.34. The molecule has 3 nitrogen and oxygen atoms in total. The van der Waals surface area contributed by atoms with Crippen LogP contribution in [-0.2, 0) is 17.8 Å². The van der Waals surface area contributed by atoms with Crippen LogP contribution in [0.2, 0.25) is 5.02 Å². The van der Waals surface area contributed by atoms with Gasteiger partial charge in [-0.05, 0) is 42.0 Å². The van der Waals surface area contributed by atoms with Crippen LogP contribution in [0.4, 0.5) is 0 Å². The Hall–Kier alpha value is -2.26. The predicted octanol–water partition coefficient (Wildman–Crippen LogP) is 5.44. The molecule has 1 amide bonds. The quantitative estimate of drug-likeness (QED) is 0.553. The second-order valence-corrected chi connectivity index (χ2v) is 7.83. The molecule has 3 aromatic rings. The van der Waals surface area contributed by atoms with Crippen molar-refractivity contribution in [1.82, 2.24) is 9.88 Å². The van der Waals surface area contributed by atoms with Gasteiger partial charge in [0.15, 0.2) is 0 Å². The van der Waals surface area contributed by atoms with E-state index in [-0.39, 0.29) is 5.91 Å². The lowest BCUT2D eigenvalue weighted by molar-refractivity contribution is -0.121. The lowest BCUT2D eigenvalue weighted by Gasteiger charge is -2.07. The fourth-order valence-electron chi connectivity index (χ4n) is 3.30. The van der Waals surface area contributed by atoms with Crippen LogP contribution in [0.3, 0.4) is 0 Å². The molecule has 0 aliphatic carbocycles. The number of aryl methyl sites for hydroxylation is 1. The normalized spacial score (nSPS) is 11.3. The van der Waals surface area contributed by atoms with Crippen LogP contribution in [-0.4, -0.2) is 17.0 Å². The van der Waals surface area contributed by atoms with Crippen LogP contribution < -0.4 is 5.32 Å². The van der Waals surface area contributed by atoms with Gasteiger partial charge in [0.25, 0.3) is 0 Å². The molecule has 0 fully saturated rings. The summed E-state index contributed by atoms with van der Waals surface area (Å²) in [6, 6.07) is 16.3. The van der Waals surface area contributed by atoms with Gasteiger partial charge in [0.05, 0.1) is 0 Å². The molecule has 0 bridgehead atoms. The molecule has 4 heteroatoms. The molecule has 0 aliphatic heterocycles. The summed E-state index contributed by atoms with van der Waals surface area (Å²) in [6.07, 6.45) is 4.43. The molecule has 0 spiro atoms. The van der Waals surface area contributed by atoms with Crippen LogP contribution in [0.5, 0.6) is 0 Å². The lowest BCUT2D eigenvalue weighted by atomic mass is 10.1. The molecular formula is C23H27ClN2O. The number of fused-ring (bicyclic) bond motifs is 1. The lowest BCUT2D eigenvalue weighted by Crippen LogP contribution is -2.25. The van der Waals surface area contributed by atoms with Gasteiger partial charge in [-0.1, -0.05) is 61.8 Å². The third-order valence-electron chi connectivity index (χ3n) is 4.83. The van der Waals surface area contributed by atoms with Crippen molar-refractivity contribution < 1.29 is 4.79 Å². The highest BCUT2D eigenvalue weighted by atomic mass is 35.5. The van der Waals surface area contributed by atoms with Crippen molar-refractivity contribution in [1.29, 1.82) is 0 Å². The first-order valence-electron chi connectivity index (χ1n) is 9.61. The molecule has 0 saturated heterocycles. The maximum atomic E-state index is 12.1. The van der Waals surface area contributed by atoms with Crippen molar-refractivity contribution in [3.05, 3.63) is 70.9 Å². The van der Waals surface area contributed by atoms with E-state index in [1.165, 1.54) is 16.5 Å². The summed E-state index contributed by atoms with van der Waals surface area (Å²) < 4.78 is 2.22. The minimum atomic E-state index is 0.124. The van der Waals surface area contributed by atoms with E-state index < -0.39 is 0 Å². The number of carbonyl (C=O) groups is 1. The summed E-state index contributed by atoms with van der Waals surface area (Å²) in [5.74, 6) is 0.728. The Morgan fingerprint density at radius 3 is 2.59 bits per heavy atom. The Morgan fingerprint density at radius 1 is 1.07 bits per heavy atom. The van der Waals surface area contributed by atoms with Crippen LogP contribution >= 0.6 is 11.6 Å². The smallest absolute Gasteiger partial charge is 0.220 e. The van der Waals surface area contributed by atoms with Gasteiger partial charge in [0.1, 0.15) is 0 Å². The molecule has 1 aromatic heterocycles. The molecule has 0 saturated carbocycles. The van der Waals surface area contributed by atoms with E-state index in [4.69, 9.17) is 11.6 Å². The number of nitrogens with zero attached hydrogens (tertiary/aromatic N) is 1. The van der Waals surface area contributed by atoms with E-state index in [2.05, 4.69) is 48.1 Å². The Morgan fingerprint density at radius 2 is 1.81 bits per heavy atom. The largest absolute Gasteiger partial charge is 0.356 e. The maximum Gasteiger partial charge on any atom is 0.220 e. The molecule has 1 N–H and O–H groups in total. The van der Waals surface area contributed by atoms with Crippen molar-refractivity contribution in [2.45, 2.75) is 39.7 Å². The number of halogens is 1. The van der Waals surface area contributed by atoms with Crippen LogP contribution in [0.25, 0.3) is 10.9 Å². The predicted molar refractivity (Wildman–Crippen MR) is 113 cm³/mol. The topological polar surface area (TPSA) is 34.0 Å². The van der Waals surface area contributed by atoms with Gasteiger partial charge in [-0.3, -0.25) is 4.79 Å². The minimum absolute atomic E-state index is 0.124. The van der Waals surface area contributed by atoms with Crippen LogP contribution in [0, 0.1) is 5.92 Å². The molecule has 0 atom stereocenters. The SMILES string of the molecule is CC(C)CCNC(=O)CCc1cn(Cc2ccccc2Cl)c2ccccc12. The van der Waals surface area contributed by atoms with E-state index >= 15 is 0 Å². The Labute approximate surface area is 166 Å². The number of aromatic nitrogens is 1. The van der Waals surface area contributed by atoms with Gasteiger partial charge >= 0.3 is 0 Å². The highest BCUT2D eigenvalue weighted by molar-refractivity contribution is 6.31. The monoisotopic (exact) mass is 382 g/mol. The number of rotatable bonds is 8. The first-order chi connectivity index (χ1) is 13.0. The molecule has 27 heavy (non-hydrogen) atoms. The second kappa shape index (κ2) is 9.09. The molecular weight excluding hydrogens is 356 g/mol. The molecule has 1 heterocycles. The van der Waals surface area contributed by atoms with E-state index in [1.807, 2.05) is 30.3 Å². The number of carbonyl (C=O) groups excluding carboxylic acids is 1. The Balaban J connectivity index is 1.73. The standard InChI is InChI=1S/C23H27ClN2O/c1-17(2)13-14-25-23(27)12-11-18-15-26(22-10-6-4-8-20(18)22)16-19-7-3-5-9-21(19)24/h3-10,15,17H,11-14,16H2,1-2H3,(H,25,27). The van der Waals surface area contributed by atoms with Gasteiger partial charge < -0.3 is 9.88 Å². The molecule has 2 aromatic carbocycles. The van der Waals surface area contributed by atoms with Crippen molar-refractivity contribution in [3.8, 4) is 0 Å². The molecule has 0 aliphatic rings. The summed E-state index contributed by atoms with van der Waals surface area (Å²) in [7, 11) is 0. The van der Waals surface area contributed by atoms with Gasteiger partial charge in [-0.25, -0.2) is 0 Å². The second-order valence-electron chi connectivity index (χ2n) is 7.42. The summed E-state index contributed by atoms with van der Waals surface area (Å²) in [6.45, 7) is 5.81. The summed E-state index contributed by atoms with van der Waals surface area (Å²) in [4.78, 5) is 12.1. The zero-order chi connectivity index (χ0) is 19.2. The highest BCUT2D eigenvalue weighted by Crippen LogP contribution is 2.25. The van der Waals surface area contributed by atoms with Gasteiger partial charge in [-0.2, -0.15) is 0 Å². The maximum absolute atomic E-state index is 12.1. The van der Waals surface area contributed by atoms with Crippen LogP contribution in [0.1, 0.15) is 37.8 Å². The number of hydrogen-bond acceptors (Lipinski definition) is 1. The molecule has 0 unspecified atom stereocenters. The fraction of sp³-hybridized carbons (Fsp3) is 0.348. The average molecular weight is 383 g/mol. The molecule has 3 rings (SSSR count). The number of para-hydroxylation sites is 1. The minimum Gasteiger partial charge on any atom is -0.356 e. The van der Waals surface area contributed by atoms with Crippen molar-refractivity contribution >= 4 is 28.4 Å². The fourth-order valence-corrected chi connectivity index (χ4v) is 3.50. The molecule has 142 valence electrons. The number of hydrogen-bond donors (Lipinski definition) is 1. The van der Waals surface area contributed by atoms with Crippen LogP contribution in [0.15, 0.2) is 54.7 Å². The van der Waals surface area contributed by atoms with Crippen molar-refractivity contribution in [2.75, 3.05) is 6.54 Å². The van der Waals surface area contributed by atoms with Crippen molar-refractivity contribution in [2.24, 2.45) is 5.92 Å². The first-order valence-corrected chi connectivity index (χ1v) is 9.99. The molecule has 0 radical (unpaired) electrons. The number of amides is 1. The van der Waals surface area contributed by atoms with E-state index in [1.54, 1.807) is 0 Å². The first kappa shape index (κ1) is 19.5. The highest BCUT2D eigenvalue weighted by Gasteiger charge is 2.11. The zero-order valence-electron chi connectivity index (χ0n) is 16.0. The van der Waals surface area contributed by atoms with Gasteiger partial charge in [0, 0.05) is 41.6 Å². The third-order valence-corrected chi connectivity index (χ3v) is 5.20. The summed E-state index contributed by atoms with van der Waals surface area (Å²) in [5.41, 5.74) is 3.47. The van der Waals surface area contributed by atoms with E-state index in [9.17, 15) is 4.79 Å². The zero-order valence-corrected chi connectivity index (χ0v) is 16.8. The van der Waals surface area contributed by atoms with E-state index in [0.29, 0.717) is 12.3 Å². The Bertz CT molecular complexity index is 914. The number of nitrogens with one attached hydrogen (secondary N) is 1. The van der Waals surface area contributed by atoms with E-state index in [0.717, 1.165) is 36.5 Å². The Kier molecular flexibility index (Phi) is 6.57. The van der Waals surface area contributed by atoms with Gasteiger partial charge in [0.2, 0.25) is 5.91 Å². The van der Waals surface area contributed by atoms with Crippen molar-refractivity contribution in [3.63, 3.8) is 0 Å². The average Bonchev–Trinajstić information content (AvgIpc) is 2.99. The van der Waals surface area contributed by atoms with Gasteiger partial charge in [-0.15, -0.1) is 0 Å². The summed E-state index contributed by atoms with van der Waals surface area (Å²) in [5, 5.41) is 5.01.